The third-order valence-electron chi connectivity index (χ3n) is 6.39. The zero-order valence-electron chi connectivity index (χ0n) is 22.4. The maximum atomic E-state index is 13.9. The van der Waals surface area contributed by atoms with Gasteiger partial charge in [0.05, 0.1) is 31.6 Å². The second-order valence-electron chi connectivity index (χ2n) is 8.85. The van der Waals surface area contributed by atoms with Crippen LogP contribution in [0.2, 0.25) is 0 Å². The van der Waals surface area contributed by atoms with Gasteiger partial charge in [-0.25, -0.2) is 4.68 Å². The topological polar surface area (TPSA) is 99.5 Å². The summed E-state index contributed by atoms with van der Waals surface area (Å²) in [6, 6.07) is 22.0. The zero-order valence-corrected chi connectivity index (χ0v) is 22.4. The van der Waals surface area contributed by atoms with E-state index >= 15 is 0 Å². The van der Waals surface area contributed by atoms with E-state index in [1.807, 2.05) is 81.4 Å². The van der Waals surface area contributed by atoms with Gasteiger partial charge in [0, 0.05) is 16.8 Å². The predicted molar refractivity (Wildman–Crippen MR) is 150 cm³/mol. The Hall–Kier alpha value is -4.79. The first-order valence-corrected chi connectivity index (χ1v) is 12.9. The molecule has 0 saturated carbocycles. The molecule has 0 aliphatic carbocycles. The fourth-order valence-corrected chi connectivity index (χ4v) is 4.65. The number of methoxy groups -OCH3 is 1. The number of nitrogens with one attached hydrogen (secondary N) is 2. The molecule has 1 amide bonds. The van der Waals surface area contributed by atoms with Gasteiger partial charge in [-0.2, -0.15) is 4.98 Å². The Kier molecular flexibility index (Phi) is 7.49. The summed E-state index contributed by atoms with van der Waals surface area (Å²) in [5.74, 6) is 2.79. The van der Waals surface area contributed by atoms with Gasteiger partial charge in [0.25, 0.3) is 5.91 Å². The Morgan fingerprint density at radius 3 is 2.36 bits per heavy atom. The Morgan fingerprint density at radius 2 is 1.64 bits per heavy atom. The molecule has 1 aromatic heterocycles. The lowest BCUT2D eigenvalue weighted by molar-refractivity contribution is -0.113. The van der Waals surface area contributed by atoms with Crippen LogP contribution in [0.25, 0.3) is 11.4 Å². The Balaban J connectivity index is 1.60. The standard InChI is InChI=1S/C30H31N5O4/c1-5-38-21-17-15-20(16-18-21)28-33-30-31-19(3)26(29(36)32-23-12-8-10-14-25(23)37-4)27(35(30)34-28)22-11-7-9-13-24(22)39-6-2/h7-18,27H,5-6H2,1-4H3,(H,32,36)(H,31,33,34). The minimum absolute atomic E-state index is 0.287. The molecule has 39 heavy (non-hydrogen) atoms. The molecule has 1 unspecified atom stereocenters. The SMILES string of the molecule is CCOc1ccc(-c2nc3n(n2)C(c2ccccc2OCC)C(C(=O)Nc2ccccc2OC)=C(C)N3)cc1. The quantitative estimate of drug-likeness (QED) is 0.290. The highest BCUT2D eigenvalue weighted by Crippen LogP contribution is 2.40. The minimum Gasteiger partial charge on any atom is -0.495 e. The minimum atomic E-state index is -0.595. The Morgan fingerprint density at radius 1 is 0.949 bits per heavy atom. The molecule has 200 valence electrons. The molecule has 1 aliphatic heterocycles. The van der Waals surface area contributed by atoms with E-state index in [1.165, 1.54) is 0 Å². The van der Waals surface area contributed by atoms with E-state index < -0.39 is 6.04 Å². The first kappa shape index (κ1) is 25.8. The number of fused-ring (bicyclic) bond motifs is 1. The first-order valence-electron chi connectivity index (χ1n) is 12.9. The van der Waals surface area contributed by atoms with Crippen LogP contribution in [0, 0.1) is 0 Å². The van der Waals surface area contributed by atoms with Crippen LogP contribution in [0.15, 0.2) is 84.1 Å². The van der Waals surface area contributed by atoms with Gasteiger partial charge in [-0.15, -0.1) is 5.10 Å². The van der Waals surface area contributed by atoms with Crippen LogP contribution in [0.1, 0.15) is 32.4 Å². The molecule has 1 atom stereocenters. The molecule has 0 saturated heterocycles. The number of allylic oxidation sites excluding steroid dienone is 1. The van der Waals surface area contributed by atoms with Crippen LogP contribution >= 0.6 is 0 Å². The number of nitrogens with zero attached hydrogens (tertiary/aromatic N) is 3. The molecule has 0 bridgehead atoms. The summed E-state index contributed by atoms with van der Waals surface area (Å²) in [5.41, 5.74) is 3.36. The summed E-state index contributed by atoms with van der Waals surface area (Å²) in [5, 5.41) is 11.2. The number of carbonyl (C=O) groups is 1. The van der Waals surface area contributed by atoms with Crippen molar-refractivity contribution < 1.29 is 19.0 Å². The van der Waals surface area contributed by atoms with Crippen molar-refractivity contribution in [3.63, 3.8) is 0 Å². The summed E-state index contributed by atoms with van der Waals surface area (Å²) < 4.78 is 18.8. The summed E-state index contributed by atoms with van der Waals surface area (Å²) in [4.78, 5) is 18.7. The highest BCUT2D eigenvalue weighted by atomic mass is 16.5. The van der Waals surface area contributed by atoms with E-state index in [9.17, 15) is 4.79 Å². The number of anilines is 2. The average molecular weight is 526 g/mol. The number of hydrogen-bond donors (Lipinski definition) is 2. The lowest BCUT2D eigenvalue weighted by Gasteiger charge is -2.29. The third kappa shape index (κ3) is 5.16. The summed E-state index contributed by atoms with van der Waals surface area (Å²) >= 11 is 0. The molecule has 5 rings (SSSR count). The smallest absolute Gasteiger partial charge is 0.255 e. The average Bonchev–Trinajstić information content (AvgIpc) is 3.37. The summed E-state index contributed by atoms with van der Waals surface area (Å²) in [6.45, 7) is 6.81. The second kappa shape index (κ2) is 11.3. The number of para-hydroxylation sites is 3. The van der Waals surface area contributed by atoms with Crippen molar-refractivity contribution in [1.82, 2.24) is 14.8 Å². The Bertz CT molecular complexity index is 1510. The van der Waals surface area contributed by atoms with Crippen molar-refractivity contribution >= 4 is 17.5 Å². The fourth-order valence-electron chi connectivity index (χ4n) is 4.65. The van der Waals surface area contributed by atoms with Crippen LogP contribution in [-0.4, -0.2) is 41.0 Å². The van der Waals surface area contributed by atoms with Crippen molar-refractivity contribution in [3.05, 3.63) is 89.6 Å². The summed E-state index contributed by atoms with van der Waals surface area (Å²) in [7, 11) is 1.57. The molecule has 0 fully saturated rings. The lowest BCUT2D eigenvalue weighted by Crippen LogP contribution is -2.31. The van der Waals surface area contributed by atoms with Crippen molar-refractivity contribution in [1.29, 1.82) is 0 Å². The number of hydrogen-bond acceptors (Lipinski definition) is 7. The van der Waals surface area contributed by atoms with E-state index in [0.717, 1.165) is 16.9 Å². The van der Waals surface area contributed by atoms with Gasteiger partial charge in [-0.3, -0.25) is 4.79 Å². The van der Waals surface area contributed by atoms with Gasteiger partial charge in [-0.1, -0.05) is 30.3 Å². The molecule has 3 aromatic carbocycles. The molecule has 1 aliphatic rings. The van der Waals surface area contributed by atoms with Crippen molar-refractivity contribution in [2.75, 3.05) is 31.0 Å². The second-order valence-corrected chi connectivity index (χ2v) is 8.85. The molecule has 4 aromatic rings. The van der Waals surface area contributed by atoms with E-state index in [2.05, 4.69) is 10.6 Å². The van der Waals surface area contributed by atoms with E-state index in [0.29, 0.717) is 53.4 Å². The molecule has 2 N–H and O–H groups in total. The maximum Gasteiger partial charge on any atom is 0.255 e. The number of ether oxygens (including phenoxy) is 3. The number of amides is 1. The summed E-state index contributed by atoms with van der Waals surface area (Å²) in [6.07, 6.45) is 0. The number of benzene rings is 3. The largest absolute Gasteiger partial charge is 0.495 e. The molecule has 0 radical (unpaired) electrons. The lowest BCUT2D eigenvalue weighted by atomic mass is 9.94. The van der Waals surface area contributed by atoms with Gasteiger partial charge in [0.1, 0.15) is 23.3 Å². The highest BCUT2D eigenvalue weighted by Gasteiger charge is 2.36. The monoisotopic (exact) mass is 525 g/mol. The van der Waals surface area contributed by atoms with E-state index in [1.54, 1.807) is 23.9 Å². The van der Waals surface area contributed by atoms with Gasteiger partial charge < -0.3 is 24.8 Å². The Labute approximate surface area is 227 Å². The van der Waals surface area contributed by atoms with Crippen molar-refractivity contribution in [3.8, 4) is 28.6 Å². The predicted octanol–water partition coefficient (Wildman–Crippen LogP) is 5.68. The molecule has 9 nitrogen and oxygen atoms in total. The van der Waals surface area contributed by atoms with Crippen LogP contribution < -0.4 is 24.8 Å². The molecule has 9 heteroatoms. The molecule has 0 spiro atoms. The zero-order chi connectivity index (χ0) is 27.4. The fraction of sp³-hybridized carbons (Fsp3) is 0.233. The normalized spacial score (nSPS) is 14.3. The van der Waals surface area contributed by atoms with Gasteiger partial charge in [0.2, 0.25) is 5.95 Å². The van der Waals surface area contributed by atoms with Gasteiger partial charge in [-0.05, 0) is 63.2 Å². The maximum absolute atomic E-state index is 13.9. The van der Waals surface area contributed by atoms with Crippen LogP contribution in [0.4, 0.5) is 11.6 Å². The van der Waals surface area contributed by atoms with Crippen LogP contribution in [0.3, 0.4) is 0 Å². The van der Waals surface area contributed by atoms with Gasteiger partial charge >= 0.3 is 0 Å². The number of aromatic nitrogens is 3. The van der Waals surface area contributed by atoms with E-state index in [-0.39, 0.29) is 5.91 Å². The highest BCUT2D eigenvalue weighted by molar-refractivity contribution is 6.06. The number of rotatable bonds is 9. The third-order valence-corrected chi connectivity index (χ3v) is 6.39. The van der Waals surface area contributed by atoms with E-state index in [4.69, 9.17) is 24.3 Å². The van der Waals surface area contributed by atoms with Crippen LogP contribution in [0.5, 0.6) is 17.2 Å². The van der Waals surface area contributed by atoms with Crippen molar-refractivity contribution in [2.24, 2.45) is 0 Å². The first-order chi connectivity index (χ1) is 19.0. The molecule has 2 heterocycles. The molecular weight excluding hydrogens is 494 g/mol. The number of carbonyl (C=O) groups excluding carboxylic acids is 1. The van der Waals surface area contributed by atoms with Crippen LogP contribution in [-0.2, 0) is 4.79 Å². The molecular formula is C30H31N5O4. The van der Waals surface area contributed by atoms with Gasteiger partial charge in [0.15, 0.2) is 5.82 Å². The van der Waals surface area contributed by atoms with Crippen molar-refractivity contribution in [2.45, 2.75) is 26.8 Å².